The number of nitrogen functional groups attached to an aromatic ring is 1. The first-order valence-electron chi connectivity index (χ1n) is 9.29. The molecular weight excluding hydrogens is 370 g/mol. The fourth-order valence-electron chi connectivity index (χ4n) is 2.98. The highest BCUT2D eigenvalue weighted by molar-refractivity contribution is 7.09. The average Bonchev–Trinajstić information content (AvgIpc) is 3.24. The van der Waals surface area contributed by atoms with E-state index in [0.29, 0.717) is 18.1 Å². The third kappa shape index (κ3) is 4.36. The Morgan fingerprint density at radius 1 is 1.21 bits per heavy atom. The van der Waals surface area contributed by atoms with Gasteiger partial charge >= 0.3 is 6.03 Å². The quantitative estimate of drug-likeness (QED) is 0.593. The number of carbonyl (C=O) groups excluding carboxylic acids is 1. The van der Waals surface area contributed by atoms with Crippen LogP contribution in [0.4, 0.5) is 16.3 Å². The number of carbonyl (C=O) groups is 1. The molecule has 1 aromatic carbocycles. The molecule has 0 aliphatic rings. The van der Waals surface area contributed by atoms with Crippen LogP contribution in [0.5, 0.6) is 0 Å². The van der Waals surface area contributed by atoms with E-state index in [2.05, 4.69) is 37.5 Å². The summed E-state index contributed by atoms with van der Waals surface area (Å²) in [5, 5.41) is 12.6. The van der Waals surface area contributed by atoms with Crippen molar-refractivity contribution in [2.75, 3.05) is 17.6 Å². The highest BCUT2D eigenvalue weighted by atomic mass is 32.1. The molecule has 28 heavy (non-hydrogen) atoms. The van der Waals surface area contributed by atoms with Gasteiger partial charge in [0.25, 0.3) is 0 Å². The molecule has 2 amide bonds. The number of hydrogen-bond donors (Lipinski definition) is 3. The van der Waals surface area contributed by atoms with E-state index >= 15 is 0 Å². The maximum Gasteiger partial charge on any atom is 0.319 e. The van der Waals surface area contributed by atoms with Crippen LogP contribution in [0, 0.1) is 6.92 Å². The monoisotopic (exact) mass is 397 g/mol. The maximum atomic E-state index is 12.5. The summed E-state index contributed by atoms with van der Waals surface area (Å²) in [6, 6.07) is 11.7. The molecule has 0 radical (unpaired) electrons. The van der Waals surface area contributed by atoms with Gasteiger partial charge in [-0.15, -0.1) is 11.3 Å². The van der Waals surface area contributed by atoms with Gasteiger partial charge in [0.05, 0.1) is 11.4 Å². The van der Waals surface area contributed by atoms with Crippen LogP contribution in [0.25, 0.3) is 5.69 Å². The highest BCUT2D eigenvalue weighted by Crippen LogP contribution is 2.35. The Bertz CT molecular complexity index is 954. The number of nitrogens with zero attached hydrogens (tertiary/aromatic N) is 2. The number of urea groups is 1. The lowest BCUT2D eigenvalue weighted by Gasteiger charge is -2.18. The van der Waals surface area contributed by atoms with Crippen molar-refractivity contribution in [3.63, 3.8) is 0 Å². The zero-order valence-corrected chi connectivity index (χ0v) is 17.6. The number of anilines is 2. The molecule has 0 saturated heterocycles. The van der Waals surface area contributed by atoms with Crippen molar-refractivity contribution in [2.45, 2.75) is 39.5 Å². The lowest BCUT2D eigenvalue weighted by Crippen LogP contribution is -2.31. The molecule has 0 unspecified atom stereocenters. The predicted molar refractivity (Wildman–Crippen MR) is 116 cm³/mol. The van der Waals surface area contributed by atoms with E-state index in [0.717, 1.165) is 23.4 Å². The van der Waals surface area contributed by atoms with Gasteiger partial charge in [-0.3, -0.25) is 0 Å². The zero-order chi connectivity index (χ0) is 20.3. The molecule has 4 N–H and O–H groups in total. The number of thiophene rings is 1. The fraction of sp³-hybridized carbons (Fsp3) is 0.333. The number of rotatable bonds is 5. The van der Waals surface area contributed by atoms with Gasteiger partial charge in [-0.1, -0.05) is 45.0 Å². The third-order valence-electron chi connectivity index (χ3n) is 4.45. The Morgan fingerprint density at radius 2 is 1.96 bits per heavy atom. The molecule has 0 aliphatic heterocycles. The van der Waals surface area contributed by atoms with E-state index in [1.807, 2.05) is 42.6 Å². The van der Waals surface area contributed by atoms with Crippen molar-refractivity contribution in [1.29, 1.82) is 0 Å². The van der Waals surface area contributed by atoms with Gasteiger partial charge < -0.3 is 16.4 Å². The summed E-state index contributed by atoms with van der Waals surface area (Å²) in [7, 11) is 0. The molecule has 148 valence electrons. The fourth-order valence-corrected chi connectivity index (χ4v) is 3.68. The Kier molecular flexibility index (Phi) is 5.74. The molecular formula is C21H27N5OS. The first kappa shape index (κ1) is 19.9. The second-order valence-corrected chi connectivity index (χ2v) is 8.80. The van der Waals surface area contributed by atoms with E-state index in [-0.39, 0.29) is 11.4 Å². The topological polar surface area (TPSA) is 85.0 Å². The summed E-state index contributed by atoms with van der Waals surface area (Å²) in [6.45, 7) is 8.73. The van der Waals surface area contributed by atoms with Gasteiger partial charge in [0.2, 0.25) is 0 Å². The molecule has 2 aromatic heterocycles. The standard InChI is InChI=1S/C21H27N5OS/c1-14-8-5-6-10-16(14)26-19(22)17(18(25-26)21(2,3)4)24-20(27)23-12-11-15-9-7-13-28-15/h5-10,13H,11-12,22H2,1-4H3,(H2,23,24,27). The predicted octanol–water partition coefficient (Wildman–Crippen LogP) is 4.49. The number of amides is 2. The highest BCUT2D eigenvalue weighted by Gasteiger charge is 2.27. The van der Waals surface area contributed by atoms with Crippen LogP contribution in [0.1, 0.15) is 36.9 Å². The summed E-state index contributed by atoms with van der Waals surface area (Å²) < 4.78 is 1.71. The number of para-hydroxylation sites is 1. The van der Waals surface area contributed by atoms with Crippen LogP contribution in [-0.2, 0) is 11.8 Å². The summed E-state index contributed by atoms with van der Waals surface area (Å²) in [6.07, 6.45) is 0.801. The Morgan fingerprint density at radius 3 is 2.61 bits per heavy atom. The Labute approximate surface area is 169 Å². The van der Waals surface area contributed by atoms with Crippen LogP contribution in [-0.4, -0.2) is 22.4 Å². The molecule has 3 rings (SSSR count). The van der Waals surface area contributed by atoms with Crippen molar-refractivity contribution in [2.24, 2.45) is 0 Å². The van der Waals surface area contributed by atoms with Crippen molar-refractivity contribution in [1.82, 2.24) is 15.1 Å². The second-order valence-electron chi connectivity index (χ2n) is 7.77. The molecule has 0 spiro atoms. The second kappa shape index (κ2) is 8.06. The SMILES string of the molecule is Cc1ccccc1-n1nc(C(C)(C)C)c(NC(=O)NCCc2cccs2)c1N. The van der Waals surface area contributed by atoms with Crippen molar-refractivity contribution < 1.29 is 4.79 Å². The minimum atomic E-state index is -0.280. The van der Waals surface area contributed by atoms with E-state index in [1.165, 1.54) is 4.88 Å². The van der Waals surface area contributed by atoms with E-state index in [4.69, 9.17) is 10.8 Å². The zero-order valence-electron chi connectivity index (χ0n) is 16.7. The largest absolute Gasteiger partial charge is 0.382 e. The molecule has 7 heteroatoms. The van der Waals surface area contributed by atoms with Crippen molar-refractivity contribution in [3.05, 3.63) is 57.9 Å². The molecule has 0 bridgehead atoms. The summed E-state index contributed by atoms with van der Waals surface area (Å²) in [5.41, 5.74) is 9.41. The van der Waals surface area contributed by atoms with Gasteiger partial charge in [-0.25, -0.2) is 9.48 Å². The van der Waals surface area contributed by atoms with Crippen LogP contribution in [0.3, 0.4) is 0 Å². The van der Waals surface area contributed by atoms with Crippen molar-refractivity contribution in [3.8, 4) is 5.69 Å². The Balaban J connectivity index is 1.83. The average molecular weight is 398 g/mol. The number of aryl methyl sites for hydroxylation is 1. The van der Waals surface area contributed by atoms with Gasteiger partial charge in [0, 0.05) is 16.8 Å². The number of benzene rings is 1. The van der Waals surface area contributed by atoms with Crippen LogP contribution >= 0.6 is 11.3 Å². The Hall–Kier alpha value is -2.80. The van der Waals surface area contributed by atoms with Gasteiger partial charge in [0.15, 0.2) is 5.82 Å². The van der Waals surface area contributed by atoms with Crippen LogP contribution < -0.4 is 16.4 Å². The third-order valence-corrected chi connectivity index (χ3v) is 5.39. The number of nitrogens with two attached hydrogens (primary N) is 1. The summed E-state index contributed by atoms with van der Waals surface area (Å²) >= 11 is 1.68. The molecule has 2 heterocycles. The lowest BCUT2D eigenvalue weighted by molar-refractivity contribution is 0.252. The number of hydrogen-bond acceptors (Lipinski definition) is 4. The number of aromatic nitrogens is 2. The van der Waals surface area contributed by atoms with Crippen LogP contribution in [0.2, 0.25) is 0 Å². The van der Waals surface area contributed by atoms with E-state index < -0.39 is 0 Å². The first-order chi connectivity index (χ1) is 13.3. The molecule has 0 atom stereocenters. The van der Waals surface area contributed by atoms with Gasteiger partial charge in [0.1, 0.15) is 5.69 Å². The lowest BCUT2D eigenvalue weighted by atomic mass is 9.91. The minimum absolute atomic E-state index is 0.276. The normalized spacial score (nSPS) is 11.4. The van der Waals surface area contributed by atoms with Gasteiger partial charge in [-0.05, 0) is 36.4 Å². The van der Waals surface area contributed by atoms with Crippen molar-refractivity contribution >= 4 is 28.9 Å². The van der Waals surface area contributed by atoms with Gasteiger partial charge in [-0.2, -0.15) is 5.10 Å². The first-order valence-corrected chi connectivity index (χ1v) is 10.2. The van der Waals surface area contributed by atoms with Crippen LogP contribution in [0.15, 0.2) is 41.8 Å². The molecule has 3 aromatic rings. The molecule has 0 fully saturated rings. The minimum Gasteiger partial charge on any atom is -0.382 e. The smallest absolute Gasteiger partial charge is 0.319 e. The molecule has 0 saturated carbocycles. The number of nitrogens with one attached hydrogen (secondary N) is 2. The molecule has 0 aliphatic carbocycles. The van der Waals surface area contributed by atoms with E-state index in [9.17, 15) is 4.79 Å². The van der Waals surface area contributed by atoms with E-state index in [1.54, 1.807) is 16.0 Å². The summed E-state index contributed by atoms with van der Waals surface area (Å²) in [5.74, 6) is 0.424. The maximum absolute atomic E-state index is 12.5. The summed E-state index contributed by atoms with van der Waals surface area (Å²) in [4.78, 5) is 13.7. The molecule has 6 nitrogen and oxygen atoms in total.